The van der Waals surface area contributed by atoms with Crippen LogP contribution in [0.1, 0.15) is 51.9 Å². The van der Waals surface area contributed by atoms with Crippen LogP contribution in [0.3, 0.4) is 0 Å². The highest BCUT2D eigenvalue weighted by Crippen LogP contribution is 2.40. The molecule has 0 aromatic heterocycles. The van der Waals surface area contributed by atoms with E-state index >= 15 is 0 Å². The summed E-state index contributed by atoms with van der Waals surface area (Å²) in [4.78, 5) is 38.8. The molecular weight excluding hydrogens is 272 g/mol. The van der Waals surface area contributed by atoms with Crippen molar-refractivity contribution in [1.29, 1.82) is 0 Å². The lowest BCUT2D eigenvalue weighted by atomic mass is 9.76. The lowest BCUT2D eigenvalue weighted by Gasteiger charge is -2.41. The summed E-state index contributed by atoms with van der Waals surface area (Å²) in [5, 5.41) is 2.42. The normalized spacial score (nSPS) is 33.2. The van der Waals surface area contributed by atoms with Gasteiger partial charge in [0.1, 0.15) is 5.41 Å². The van der Waals surface area contributed by atoms with Gasteiger partial charge in [-0.15, -0.1) is 0 Å². The summed E-state index contributed by atoms with van der Waals surface area (Å²) >= 11 is 0. The number of imide groups is 2. The molecule has 4 amide bonds. The molecule has 6 nitrogen and oxygen atoms in total. The molecule has 2 saturated heterocycles. The number of carbonyl (C=O) groups excluding carboxylic acids is 3. The zero-order valence-corrected chi connectivity index (χ0v) is 12.4. The predicted molar refractivity (Wildman–Crippen MR) is 74.3 cm³/mol. The van der Waals surface area contributed by atoms with Crippen LogP contribution in [0, 0.1) is 5.41 Å². The summed E-state index contributed by atoms with van der Waals surface area (Å²) < 4.78 is 5.48. The van der Waals surface area contributed by atoms with E-state index in [9.17, 15) is 14.4 Å². The maximum absolute atomic E-state index is 13.0. The average molecular weight is 294 g/mol. The van der Waals surface area contributed by atoms with E-state index in [1.54, 1.807) is 0 Å². The number of barbiturate groups is 1. The maximum atomic E-state index is 13.0. The topological polar surface area (TPSA) is 75.7 Å². The molecule has 0 radical (unpaired) electrons. The van der Waals surface area contributed by atoms with E-state index in [4.69, 9.17) is 4.74 Å². The van der Waals surface area contributed by atoms with Crippen LogP contribution in [0.2, 0.25) is 0 Å². The number of hydrogen-bond acceptors (Lipinski definition) is 4. The maximum Gasteiger partial charge on any atom is 0.331 e. The van der Waals surface area contributed by atoms with Crippen molar-refractivity contribution in [1.82, 2.24) is 10.2 Å². The Morgan fingerprint density at radius 3 is 2.38 bits per heavy atom. The highest BCUT2D eigenvalue weighted by atomic mass is 16.5. The van der Waals surface area contributed by atoms with Gasteiger partial charge in [0.15, 0.2) is 0 Å². The van der Waals surface area contributed by atoms with Crippen molar-refractivity contribution in [2.45, 2.75) is 64.0 Å². The first-order valence-electron chi connectivity index (χ1n) is 7.87. The van der Waals surface area contributed by atoms with Gasteiger partial charge in [0.25, 0.3) is 0 Å². The fourth-order valence-electron chi connectivity index (χ4n) is 3.83. The molecule has 1 saturated carbocycles. The number of rotatable bonds is 1. The van der Waals surface area contributed by atoms with Crippen LogP contribution in [0.4, 0.5) is 4.79 Å². The number of hydrogen-bond donors (Lipinski definition) is 1. The van der Waals surface area contributed by atoms with Crippen molar-refractivity contribution in [3.8, 4) is 0 Å². The van der Waals surface area contributed by atoms with Crippen LogP contribution in [-0.2, 0) is 14.3 Å². The number of amides is 4. The first kappa shape index (κ1) is 14.5. The Morgan fingerprint density at radius 1 is 1.14 bits per heavy atom. The van der Waals surface area contributed by atoms with Gasteiger partial charge in [-0.05, 0) is 26.2 Å². The molecule has 1 N–H and O–H groups in total. The number of nitrogens with zero attached hydrogens (tertiary/aromatic N) is 1. The Kier molecular flexibility index (Phi) is 3.73. The highest BCUT2D eigenvalue weighted by molar-refractivity contribution is 6.19. The number of carbonyl (C=O) groups is 3. The van der Waals surface area contributed by atoms with E-state index in [-0.39, 0.29) is 18.1 Å². The molecule has 0 bridgehead atoms. The smallest absolute Gasteiger partial charge is 0.331 e. The predicted octanol–water partition coefficient (Wildman–Crippen LogP) is 1.58. The number of urea groups is 1. The largest absolute Gasteiger partial charge is 0.376 e. The number of ether oxygens (including phenoxy) is 1. The van der Waals surface area contributed by atoms with Crippen LogP contribution >= 0.6 is 0 Å². The standard InChI is InChI=1S/C15H22N2O4/c1-10-11(6-9-21-10)17-13(19)15(12(18)16-14(17)20)7-4-2-3-5-8-15/h10-11H,2-9H2,1H3,(H,16,18,20). The molecule has 1 aliphatic carbocycles. The van der Waals surface area contributed by atoms with Crippen LogP contribution < -0.4 is 5.32 Å². The van der Waals surface area contributed by atoms with Crippen LogP contribution in [-0.4, -0.2) is 41.5 Å². The van der Waals surface area contributed by atoms with Gasteiger partial charge in [-0.25, -0.2) is 4.79 Å². The zero-order valence-electron chi connectivity index (χ0n) is 12.4. The minimum atomic E-state index is -1.04. The summed E-state index contributed by atoms with van der Waals surface area (Å²) in [5.41, 5.74) is -1.04. The van der Waals surface area contributed by atoms with Crippen LogP contribution in [0.5, 0.6) is 0 Å². The SMILES string of the molecule is CC1OCCC1N1C(=O)NC(=O)C2(CCCCCC2)C1=O. The molecule has 21 heavy (non-hydrogen) atoms. The quantitative estimate of drug-likeness (QED) is 0.745. The minimum Gasteiger partial charge on any atom is -0.376 e. The van der Waals surface area contributed by atoms with E-state index < -0.39 is 17.4 Å². The second kappa shape index (κ2) is 5.40. The molecule has 2 aliphatic heterocycles. The van der Waals surface area contributed by atoms with E-state index in [1.165, 1.54) is 4.90 Å². The van der Waals surface area contributed by atoms with Crippen LogP contribution in [0.15, 0.2) is 0 Å². The van der Waals surface area contributed by atoms with E-state index in [1.807, 2.05) is 6.92 Å². The van der Waals surface area contributed by atoms with E-state index in [0.717, 1.165) is 25.7 Å². The zero-order chi connectivity index (χ0) is 15.0. The van der Waals surface area contributed by atoms with Gasteiger partial charge in [-0.1, -0.05) is 25.7 Å². The Balaban J connectivity index is 1.92. The van der Waals surface area contributed by atoms with E-state index in [2.05, 4.69) is 5.32 Å². The van der Waals surface area contributed by atoms with Crippen molar-refractivity contribution in [2.24, 2.45) is 5.41 Å². The summed E-state index contributed by atoms with van der Waals surface area (Å²) in [6.07, 6.45) is 5.36. The summed E-state index contributed by atoms with van der Waals surface area (Å²) in [7, 11) is 0. The molecule has 0 aromatic rings. The van der Waals surface area contributed by atoms with Crippen molar-refractivity contribution >= 4 is 17.8 Å². The van der Waals surface area contributed by atoms with Gasteiger partial charge in [0, 0.05) is 6.61 Å². The van der Waals surface area contributed by atoms with E-state index in [0.29, 0.717) is 25.9 Å². The minimum absolute atomic E-state index is 0.171. The Hall–Kier alpha value is -1.43. The lowest BCUT2D eigenvalue weighted by molar-refractivity contribution is -0.154. The molecule has 3 rings (SSSR count). The first-order chi connectivity index (χ1) is 10.1. The van der Waals surface area contributed by atoms with Gasteiger partial charge >= 0.3 is 6.03 Å². The Labute approximate surface area is 124 Å². The molecule has 6 heteroatoms. The molecule has 2 atom stereocenters. The summed E-state index contributed by atoms with van der Waals surface area (Å²) in [6, 6.07) is -0.840. The highest BCUT2D eigenvalue weighted by Gasteiger charge is 2.55. The number of nitrogens with one attached hydrogen (secondary N) is 1. The van der Waals surface area contributed by atoms with Crippen molar-refractivity contribution in [3.05, 3.63) is 0 Å². The second-order valence-corrected chi connectivity index (χ2v) is 6.36. The molecule has 2 unspecified atom stereocenters. The fraction of sp³-hybridized carbons (Fsp3) is 0.800. The molecule has 1 spiro atoms. The van der Waals surface area contributed by atoms with Gasteiger partial charge in [-0.3, -0.25) is 19.8 Å². The molecule has 3 fully saturated rings. The molecule has 0 aromatic carbocycles. The lowest BCUT2D eigenvalue weighted by Crippen LogP contribution is -2.66. The van der Waals surface area contributed by atoms with Gasteiger partial charge < -0.3 is 4.74 Å². The summed E-state index contributed by atoms with van der Waals surface area (Å²) in [6.45, 7) is 2.41. The molecule has 116 valence electrons. The average Bonchev–Trinajstić information content (AvgIpc) is 2.73. The summed E-state index contributed by atoms with van der Waals surface area (Å²) in [5.74, 6) is -0.706. The van der Waals surface area contributed by atoms with Gasteiger partial charge in [0.05, 0.1) is 12.1 Å². The molecule has 3 aliphatic rings. The van der Waals surface area contributed by atoms with Crippen molar-refractivity contribution < 1.29 is 19.1 Å². The monoisotopic (exact) mass is 294 g/mol. The molecule has 2 heterocycles. The van der Waals surface area contributed by atoms with Crippen LogP contribution in [0.25, 0.3) is 0 Å². The third-order valence-electron chi connectivity index (χ3n) is 5.13. The second-order valence-electron chi connectivity index (χ2n) is 6.36. The molecular formula is C15H22N2O4. The Morgan fingerprint density at radius 2 is 1.81 bits per heavy atom. The van der Waals surface area contributed by atoms with Crippen molar-refractivity contribution in [3.63, 3.8) is 0 Å². The van der Waals surface area contributed by atoms with Gasteiger partial charge in [0.2, 0.25) is 11.8 Å². The third kappa shape index (κ3) is 2.25. The first-order valence-corrected chi connectivity index (χ1v) is 7.87. The van der Waals surface area contributed by atoms with Gasteiger partial charge in [-0.2, -0.15) is 0 Å². The van der Waals surface area contributed by atoms with Crippen molar-refractivity contribution in [2.75, 3.05) is 6.61 Å². The third-order valence-corrected chi connectivity index (χ3v) is 5.13. The Bertz CT molecular complexity index is 468. The fourth-order valence-corrected chi connectivity index (χ4v) is 3.83.